The number of likely N-dealkylation sites (tertiary alicyclic amines) is 1. The van der Waals surface area contributed by atoms with Crippen LogP contribution >= 0.6 is 24.0 Å². The molecule has 5 nitrogen and oxygen atoms in total. The van der Waals surface area contributed by atoms with Gasteiger partial charge in [0.25, 0.3) is 0 Å². The Morgan fingerprint density at radius 2 is 2.07 bits per heavy atom. The maximum absolute atomic E-state index is 5.38. The highest BCUT2D eigenvalue weighted by Crippen LogP contribution is 2.45. The van der Waals surface area contributed by atoms with Crippen LogP contribution in [0.3, 0.4) is 0 Å². The molecular weight excluding hydrogens is 475 g/mol. The van der Waals surface area contributed by atoms with Gasteiger partial charge in [-0.25, -0.2) is 0 Å². The molecule has 3 aliphatic rings. The standard InChI is InChI=1S/C23H36N4O.HI/c1-3-24-22(27-14-12-23(18-27)10-4-5-11-23)25-16-19-9-13-26(17-19)20-7-6-8-21(15-20)28-2;/h6-8,15,19H,3-5,9-14,16-18H2,1-2H3,(H,24,25);1H. The van der Waals surface area contributed by atoms with Crippen LogP contribution < -0.4 is 15.0 Å². The highest BCUT2D eigenvalue weighted by atomic mass is 127. The molecule has 0 bridgehead atoms. The number of benzene rings is 1. The summed E-state index contributed by atoms with van der Waals surface area (Å²) in [7, 11) is 1.73. The van der Waals surface area contributed by atoms with E-state index in [0.717, 1.165) is 37.9 Å². The number of methoxy groups -OCH3 is 1. The van der Waals surface area contributed by atoms with E-state index in [2.05, 4.69) is 40.2 Å². The molecule has 1 aliphatic carbocycles. The van der Waals surface area contributed by atoms with E-state index in [0.29, 0.717) is 11.3 Å². The van der Waals surface area contributed by atoms with Gasteiger partial charge in [-0.3, -0.25) is 4.99 Å². The summed E-state index contributed by atoms with van der Waals surface area (Å²) < 4.78 is 5.38. The van der Waals surface area contributed by atoms with Crippen LogP contribution in [-0.2, 0) is 0 Å². The third kappa shape index (κ3) is 5.30. The van der Waals surface area contributed by atoms with Gasteiger partial charge in [0.05, 0.1) is 7.11 Å². The van der Waals surface area contributed by atoms with Gasteiger partial charge >= 0.3 is 0 Å². The van der Waals surface area contributed by atoms with Gasteiger partial charge in [-0.15, -0.1) is 24.0 Å². The molecule has 1 unspecified atom stereocenters. The number of guanidine groups is 1. The monoisotopic (exact) mass is 512 g/mol. The minimum atomic E-state index is 0. The second kappa shape index (κ2) is 10.2. The number of hydrogen-bond donors (Lipinski definition) is 1. The second-order valence-electron chi connectivity index (χ2n) is 8.88. The summed E-state index contributed by atoms with van der Waals surface area (Å²) in [5, 5.41) is 3.56. The Bertz CT molecular complexity index is 689. The minimum Gasteiger partial charge on any atom is -0.497 e. The van der Waals surface area contributed by atoms with E-state index in [1.807, 2.05) is 6.07 Å². The highest BCUT2D eigenvalue weighted by molar-refractivity contribution is 14.0. The van der Waals surface area contributed by atoms with Crippen molar-refractivity contribution in [3.8, 4) is 5.75 Å². The SMILES string of the molecule is CCNC(=NCC1CCN(c2cccc(OC)c2)C1)N1CCC2(CCCC2)C1.I. The maximum atomic E-state index is 5.38. The fourth-order valence-electron chi connectivity index (χ4n) is 5.31. The van der Waals surface area contributed by atoms with E-state index in [4.69, 9.17) is 9.73 Å². The van der Waals surface area contributed by atoms with E-state index >= 15 is 0 Å². The first-order valence-corrected chi connectivity index (χ1v) is 11.1. The molecular formula is C23H37IN4O. The van der Waals surface area contributed by atoms with Gasteiger partial charge in [-0.1, -0.05) is 18.9 Å². The lowest BCUT2D eigenvalue weighted by atomic mass is 9.86. The summed E-state index contributed by atoms with van der Waals surface area (Å²) in [5.74, 6) is 2.71. The molecule has 1 aromatic rings. The van der Waals surface area contributed by atoms with Gasteiger partial charge < -0.3 is 19.9 Å². The third-order valence-corrected chi connectivity index (χ3v) is 6.94. The number of anilines is 1. The molecule has 0 amide bonds. The molecule has 1 saturated carbocycles. The molecule has 0 aromatic heterocycles. The molecule has 2 aliphatic heterocycles. The molecule has 4 rings (SSSR count). The van der Waals surface area contributed by atoms with Crippen LogP contribution in [0.4, 0.5) is 5.69 Å². The molecule has 1 spiro atoms. The summed E-state index contributed by atoms with van der Waals surface area (Å²) in [4.78, 5) is 10.1. The molecule has 2 heterocycles. The third-order valence-electron chi connectivity index (χ3n) is 6.94. The Morgan fingerprint density at radius 3 is 2.83 bits per heavy atom. The van der Waals surface area contributed by atoms with E-state index in [1.54, 1.807) is 7.11 Å². The summed E-state index contributed by atoms with van der Waals surface area (Å²) in [6.07, 6.45) is 8.24. The minimum absolute atomic E-state index is 0. The Kier molecular flexibility index (Phi) is 7.93. The predicted octanol–water partition coefficient (Wildman–Crippen LogP) is 4.37. The Balaban J connectivity index is 0.00000240. The number of nitrogens with one attached hydrogen (secondary N) is 1. The molecule has 3 fully saturated rings. The molecule has 1 aromatic carbocycles. The first-order chi connectivity index (χ1) is 13.7. The average molecular weight is 512 g/mol. The molecule has 2 saturated heterocycles. The van der Waals surface area contributed by atoms with Crippen molar-refractivity contribution < 1.29 is 4.74 Å². The van der Waals surface area contributed by atoms with Crippen LogP contribution in [0.2, 0.25) is 0 Å². The van der Waals surface area contributed by atoms with Gasteiger partial charge in [-0.05, 0) is 56.1 Å². The summed E-state index contributed by atoms with van der Waals surface area (Å²) in [5.41, 5.74) is 1.85. The van der Waals surface area contributed by atoms with Gasteiger partial charge in [0.2, 0.25) is 0 Å². The van der Waals surface area contributed by atoms with Crippen LogP contribution in [0.15, 0.2) is 29.3 Å². The average Bonchev–Trinajstić information content (AvgIpc) is 3.48. The first kappa shape index (κ1) is 22.5. The lowest BCUT2D eigenvalue weighted by Crippen LogP contribution is -2.41. The number of rotatable bonds is 5. The van der Waals surface area contributed by atoms with Crippen LogP contribution in [0, 0.1) is 11.3 Å². The van der Waals surface area contributed by atoms with Crippen molar-refractivity contribution in [2.24, 2.45) is 16.3 Å². The van der Waals surface area contributed by atoms with Gasteiger partial charge in [-0.2, -0.15) is 0 Å². The van der Waals surface area contributed by atoms with Gasteiger partial charge in [0.1, 0.15) is 5.75 Å². The molecule has 6 heteroatoms. The molecule has 1 atom stereocenters. The van der Waals surface area contributed by atoms with Crippen LogP contribution in [0.1, 0.15) is 45.4 Å². The van der Waals surface area contributed by atoms with Crippen molar-refractivity contribution in [2.75, 3.05) is 51.3 Å². The fourth-order valence-corrected chi connectivity index (χ4v) is 5.31. The zero-order valence-corrected chi connectivity index (χ0v) is 20.4. The fraction of sp³-hybridized carbons (Fsp3) is 0.696. The van der Waals surface area contributed by atoms with E-state index in [9.17, 15) is 0 Å². The molecule has 0 radical (unpaired) electrons. The number of ether oxygens (including phenoxy) is 1. The number of nitrogens with zero attached hydrogens (tertiary/aromatic N) is 3. The number of aliphatic imine (C=N–C) groups is 1. The zero-order valence-electron chi connectivity index (χ0n) is 18.0. The Morgan fingerprint density at radius 1 is 1.24 bits per heavy atom. The Hall–Kier alpha value is -1.18. The zero-order chi connectivity index (χ0) is 19.4. The molecule has 162 valence electrons. The summed E-state index contributed by atoms with van der Waals surface area (Å²) >= 11 is 0. The highest BCUT2D eigenvalue weighted by Gasteiger charge is 2.41. The maximum Gasteiger partial charge on any atom is 0.193 e. The summed E-state index contributed by atoms with van der Waals surface area (Å²) in [6.45, 7) is 8.62. The summed E-state index contributed by atoms with van der Waals surface area (Å²) in [6, 6.07) is 8.41. The van der Waals surface area contributed by atoms with Crippen molar-refractivity contribution in [2.45, 2.75) is 45.4 Å². The van der Waals surface area contributed by atoms with E-state index in [-0.39, 0.29) is 24.0 Å². The largest absolute Gasteiger partial charge is 0.497 e. The van der Waals surface area contributed by atoms with Crippen LogP contribution in [0.25, 0.3) is 0 Å². The van der Waals surface area contributed by atoms with Crippen LogP contribution in [-0.4, -0.2) is 57.2 Å². The van der Waals surface area contributed by atoms with Crippen molar-refractivity contribution in [3.05, 3.63) is 24.3 Å². The molecule has 29 heavy (non-hydrogen) atoms. The van der Waals surface area contributed by atoms with Gasteiger partial charge in [0.15, 0.2) is 5.96 Å². The first-order valence-electron chi connectivity index (χ1n) is 11.1. The normalized spacial score (nSPS) is 23.5. The van der Waals surface area contributed by atoms with E-state index in [1.165, 1.54) is 57.3 Å². The smallest absolute Gasteiger partial charge is 0.193 e. The van der Waals surface area contributed by atoms with E-state index < -0.39 is 0 Å². The number of halogens is 1. The Labute approximate surface area is 193 Å². The van der Waals surface area contributed by atoms with Crippen molar-refractivity contribution in [3.63, 3.8) is 0 Å². The predicted molar refractivity (Wildman–Crippen MR) is 132 cm³/mol. The van der Waals surface area contributed by atoms with Crippen molar-refractivity contribution in [1.82, 2.24) is 10.2 Å². The lowest BCUT2D eigenvalue weighted by molar-refractivity contribution is 0.309. The van der Waals surface area contributed by atoms with Crippen LogP contribution in [0.5, 0.6) is 5.75 Å². The topological polar surface area (TPSA) is 40.1 Å². The quantitative estimate of drug-likeness (QED) is 0.362. The van der Waals surface area contributed by atoms with Crippen molar-refractivity contribution in [1.29, 1.82) is 0 Å². The lowest BCUT2D eigenvalue weighted by Gasteiger charge is -2.26. The molecule has 1 N–H and O–H groups in total. The van der Waals surface area contributed by atoms with Crippen molar-refractivity contribution >= 4 is 35.6 Å². The number of hydrogen-bond acceptors (Lipinski definition) is 3. The second-order valence-corrected chi connectivity index (χ2v) is 8.88. The van der Waals surface area contributed by atoms with Gasteiger partial charge in [0, 0.05) is 51.0 Å².